The van der Waals surface area contributed by atoms with Crippen molar-refractivity contribution in [1.82, 2.24) is 0 Å². The summed E-state index contributed by atoms with van der Waals surface area (Å²) >= 11 is 0. The number of aliphatic hydroxyl groups excluding tert-OH is 1. The highest BCUT2D eigenvalue weighted by molar-refractivity contribution is 5.92. The van der Waals surface area contributed by atoms with E-state index in [2.05, 4.69) is 12.2 Å². The number of aliphatic hydroxyl groups is 1. The van der Waals surface area contributed by atoms with Gasteiger partial charge in [-0.05, 0) is 37.5 Å². The zero-order chi connectivity index (χ0) is 12.5. The van der Waals surface area contributed by atoms with Gasteiger partial charge >= 0.3 is 0 Å². The standard InChI is InChI=1S/C16H22O2/c17-15(12-4-2-1-3-5-12)10-16(18)14-9-11-6-7-13(14)8-11/h6-7,10-14,18H,1-5,8-9H2/b16-10-. The molecule has 2 fully saturated rings. The summed E-state index contributed by atoms with van der Waals surface area (Å²) in [5.74, 6) is 2.02. The van der Waals surface area contributed by atoms with E-state index in [1.807, 2.05) is 0 Å². The van der Waals surface area contributed by atoms with Gasteiger partial charge in [-0.2, -0.15) is 0 Å². The van der Waals surface area contributed by atoms with Crippen LogP contribution in [0, 0.1) is 23.7 Å². The molecular formula is C16H22O2. The zero-order valence-electron chi connectivity index (χ0n) is 10.8. The predicted molar refractivity (Wildman–Crippen MR) is 71.1 cm³/mol. The highest BCUT2D eigenvalue weighted by atomic mass is 16.3. The van der Waals surface area contributed by atoms with Crippen molar-refractivity contribution >= 4 is 5.78 Å². The Morgan fingerprint density at radius 2 is 1.89 bits per heavy atom. The van der Waals surface area contributed by atoms with Gasteiger partial charge in [-0.25, -0.2) is 0 Å². The molecule has 2 bridgehead atoms. The van der Waals surface area contributed by atoms with Crippen LogP contribution in [0.25, 0.3) is 0 Å². The fraction of sp³-hybridized carbons (Fsp3) is 0.688. The summed E-state index contributed by atoms with van der Waals surface area (Å²) < 4.78 is 0. The Labute approximate surface area is 109 Å². The summed E-state index contributed by atoms with van der Waals surface area (Å²) in [7, 11) is 0. The minimum absolute atomic E-state index is 0.166. The molecule has 2 heteroatoms. The quantitative estimate of drug-likeness (QED) is 0.467. The molecule has 3 atom stereocenters. The molecule has 1 N–H and O–H groups in total. The Bertz CT molecular complexity index is 388. The minimum atomic E-state index is 0.166. The largest absolute Gasteiger partial charge is 0.512 e. The summed E-state index contributed by atoms with van der Waals surface area (Å²) in [4.78, 5) is 12.1. The second-order valence-corrected chi connectivity index (χ2v) is 6.19. The van der Waals surface area contributed by atoms with Gasteiger partial charge in [0.2, 0.25) is 0 Å². The van der Waals surface area contributed by atoms with Crippen LogP contribution in [0.1, 0.15) is 44.9 Å². The molecule has 0 saturated heterocycles. The fourth-order valence-corrected chi connectivity index (χ4v) is 3.88. The smallest absolute Gasteiger partial charge is 0.162 e. The number of hydrogen-bond donors (Lipinski definition) is 1. The van der Waals surface area contributed by atoms with Gasteiger partial charge in [0.1, 0.15) is 0 Å². The molecule has 0 amide bonds. The lowest BCUT2D eigenvalue weighted by atomic mass is 9.84. The molecule has 0 spiro atoms. The predicted octanol–water partition coefficient (Wildman–Crippen LogP) is 3.79. The van der Waals surface area contributed by atoms with Crippen molar-refractivity contribution in [1.29, 1.82) is 0 Å². The van der Waals surface area contributed by atoms with Crippen LogP contribution in [-0.4, -0.2) is 10.9 Å². The van der Waals surface area contributed by atoms with Crippen molar-refractivity contribution in [3.8, 4) is 0 Å². The van der Waals surface area contributed by atoms with E-state index < -0.39 is 0 Å². The molecule has 3 aliphatic rings. The lowest BCUT2D eigenvalue weighted by Crippen LogP contribution is -2.18. The van der Waals surface area contributed by atoms with Crippen molar-refractivity contribution in [3.05, 3.63) is 24.0 Å². The Morgan fingerprint density at radius 3 is 2.50 bits per heavy atom. The molecule has 3 rings (SSSR count). The van der Waals surface area contributed by atoms with E-state index >= 15 is 0 Å². The van der Waals surface area contributed by atoms with E-state index in [4.69, 9.17) is 0 Å². The van der Waals surface area contributed by atoms with Crippen LogP contribution in [0.5, 0.6) is 0 Å². The first-order valence-electron chi connectivity index (χ1n) is 7.37. The van der Waals surface area contributed by atoms with Crippen molar-refractivity contribution in [2.75, 3.05) is 0 Å². The summed E-state index contributed by atoms with van der Waals surface area (Å²) in [6.45, 7) is 0. The molecule has 3 unspecified atom stereocenters. The van der Waals surface area contributed by atoms with Gasteiger partial charge in [-0.1, -0.05) is 31.4 Å². The third-order valence-corrected chi connectivity index (χ3v) is 4.96. The molecular weight excluding hydrogens is 224 g/mol. The molecule has 0 heterocycles. The molecule has 0 aliphatic heterocycles. The minimum Gasteiger partial charge on any atom is -0.512 e. The number of fused-ring (bicyclic) bond motifs is 2. The normalized spacial score (nSPS) is 36.2. The van der Waals surface area contributed by atoms with Crippen molar-refractivity contribution in [2.24, 2.45) is 23.7 Å². The van der Waals surface area contributed by atoms with Gasteiger partial charge < -0.3 is 5.11 Å². The third kappa shape index (κ3) is 2.25. The monoisotopic (exact) mass is 246 g/mol. The Balaban J connectivity index is 1.64. The third-order valence-electron chi connectivity index (χ3n) is 4.96. The van der Waals surface area contributed by atoms with Gasteiger partial charge in [0.05, 0.1) is 5.76 Å². The lowest BCUT2D eigenvalue weighted by Gasteiger charge is -2.20. The maximum atomic E-state index is 12.1. The number of ketones is 1. The summed E-state index contributed by atoms with van der Waals surface area (Å²) in [5.41, 5.74) is 0. The molecule has 18 heavy (non-hydrogen) atoms. The molecule has 3 aliphatic carbocycles. The highest BCUT2D eigenvalue weighted by Crippen LogP contribution is 2.46. The van der Waals surface area contributed by atoms with Crippen LogP contribution >= 0.6 is 0 Å². The number of hydrogen-bond acceptors (Lipinski definition) is 2. The van der Waals surface area contributed by atoms with Crippen molar-refractivity contribution in [2.45, 2.75) is 44.9 Å². The molecule has 0 aromatic carbocycles. The number of carbonyl (C=O) groups excluding carboxylic acids is 1. The molecule has 98 valence electrons. The lowest BCUT2D eigenvalue weighted by molar-refractivity contribution is -0.119. The SMILES string of the molecule is O=C(/C=C(\O)C1CC2C=CC1C2)C1CCCCC1. The molecule has 0 aromatic heterocycles. The van der Waals surface area contributed by atoms with Crippen LogP contribution in [0.15, 0.2) is 24.0 Å². The molecule has 0 radical (unpaired) electrons. The van der Waals surface area contributed by atoms with E-state index in [9.17, 15) is 9.90 Å². The van der Waals surface area contributed by atoms with Gasteiger partial charge in [0.15, 0.2) is 5.78 Å². The first-order chi connectivity index (χ1) is 8.74. The van der Waals surface area contributed by atoms with E-state index in [1.54, 1.807) is 6.08 Å². The Kier molecular flexibility index (Phi) is 3.27. The maximum absolute atomic E-state index is 12.1. The fourth-order valence-electron chi connectivity index (χ4n) is 3.88. The zero-order valence-corrected chi connectivity index (χ0v) is 10.8. The number of carbonyl (C=O) groups is 1. The topological polar surface area (TPSA) is 37.3 Å². The Hall–Kier alpha value is -1.05. The first kappa shape index (κ1) is 12.0. The summed E-state index contributed by atoms with van der Waals surface area (Å²) in [6, 6.07) is 0. The van der Waals surface area contributed by atoms with Crippen molar-refractivity contribution in [3.63, 3.8) is 0 Å². The van der Waals surface area contributed by atoms with Gasteiger partial charge in [-0.3, -0.25) is 4.79 Å². The summed E-state index contributed by atoms with van der Waals surface area (Å²) in [6.07, 6.45) is 13.8. The van der Waals surface area contributed by atoms with Crippen LogP contribution in [0.4, 0.5) is 0 Å². The van der Waals surface area contributed by atoms with Gasteiger partial charge in [0.25, 0.3) is 0 Å². The average molecular weight is 246 g/mol. The second kappa shape index (κ2) is 4.91. The van der Waals surface area contributed by atoms with Crippen LogP contribution in [0.3, 0.4) is 0 Å². The molecule has 0 aromatic rings. The van der Waals surface area contributed by atoms with Crippen molar-refractivity contribution < 1.29 is 9.90 Å². The Morgan fingerprint density at radius 1 is 1.11 bits per heavy atom. The molecule has 2 saturated carbocycles. The number of rotatable bonds is 3. The van der Waals surface area contributed by atoms with E-state index in [0.29, 0.717) is 17.6 Å². The second-order valence-electron chi connectivity index (χ2n) is 6.19. The highest BCUT2D eigenvalue weighted by Gasteiger charge is 2.38. The first-order valence-corrected chi connectivity index (χ1v) is 7.37. The number of allylic oxidation sites excluding steroid dienone is 4. The van der Waals surface area contributed by atoms with Gasteiger partial charge in [0, 0.05) is 17.9 Å². The van der Waals surface area contributed by atoms with E-state index in [-0.39, 0.29) is 17.6 Å². The van der Waals surface area contributed by atoms with E-state index in [0.717, 1.165) is 19.3 Å². The van der Waals surface area contributed by atoms with Gasteiger partial charge in [-0.15, -0.1) is 0 Å². The average Bonchev–Trinajstić information content (AvgIpc) is 3.02. The van der Waals surface area contributed by atoms with Crippen LogP contribution in [-0.2, 0) is 4.79 Å². The molecule has 2 nitrogen and oxygen atoms in total. The summed E-state index contributed by atoms with van der Waals surface area (Å²) in [5, 5.41) is 10.2. The van der Waals surface area contributed by atoms with Crippen LogP contribution < -0.4 is 0 Å². The van der Waals surface area contributed by atoms with E-state index in [1.165, 1.54) is 25.7 Å². The van der Waals surface area contributed by atoms with Crippen LogP contribution in [0.2, 0.25) is 0 Å². The maximum Gasteiger partial charge on any atom is 0.162 e.